The van der Waals surface area contributed by atoms with E-state index >= 15 is 0 Å². The van der Waals surface area contributed by atoms with Crippen LogP contribution < -0.4 is 0 Å². The molecule has 0 spiro atoms. The monoisotopic (exact) mass is 328 g/mol. The second-order valence-corrected chi connectivity index (χ2v) is 5.78. The summed E-state index contributed by atoms with van der Waals surface area (Å²) in [5.74, 6) is -0.313. The van der Waals surface area contributed by atoms with Crippen molar-refractivity contribution in [2.24, 2.45) is 0 Å². The van der Waals surface area contributed by atoms with Gasteiger partial charge in [-0.05, 0) is 37.3 Å². The quantitative estimate of drug-likeness (QED) is 0.548. The van der Waals surface area contributed by atoms with Crippen molar-refractivity contribution >= 4 is 5.65 Å². The average Bonchev–Trinajstić information content (AvgIpc) is 3.06. The van der Waals surface area contributed by atoms with Crippen LogP contribution in [0.2, 0.25) is 0 Å². The van der Waals surface area contributed by atoms with Crippen molar-refractivity contribution in [2.75, 3.05) is 0 Å². The number of rotatable bonds is 2. The van der Waals surface area contributed by atoms with Gasteiger partial charge in [-0.3, -0.25) is 9.38 Å². The van der Waals surface area contributed by atoms with Crippen molar-refractivity contribution in [3.8, 4) is 28.5 Å². The van der Waals surface area contributed by atoms with Crippen LogP contribution in [0.1, 0.15) is 11.3 Å². The number of imidazole rings is 1. The predicted molar refractivity (Wildman–Crippen MR) is 93.3 cm³/mol. The Kier molecular flexibility index (Phi) is 3.51. The van der Waals surface area contributed by atoms with Crippen molar-refractivity contribution in [2.45, 2.75) is 6.92 Å². The zero-order chi connectivity index (χ0) is 17.4. The summed E-state index contributed by atoms with van der Waals surface area (Å²) < 4.78 is 16.1. The van der Waals surface area contributed by atoms with Gasteiger partial charge in [-0.15, -0.1) is 0 Å². The molecule has 25 heavy (non-hydrogen) atoms. The maximum atomic E-state index is 14.4. The number of aryl methyl sites for hydroxylation is 1. The van der Waals surface area contributed by atoms with Gasteiger partial charge < -0.3 is 0 Å². The highest BCUT2D eigenvalue weighted by molar-refractivity contribution is 5.81. The molecule has 0 atom stereocenters. The van der Waals surface area contributed by atoms with E-state index in [1.165, 1.54) is 12.3 Å². The first-order valence-corrected chi connectivity index (χ1v) is 7.76. The minimum atomic E-state index is -0.313. The van der Waals surface area contributed by atoms with Crippen LogP contribution in [-0.4, -0.2) is 14.4 Å². The second kappa shape index (κ2) is 5.84. The first-order valence-electron chi connectivity index (χ1n) is 7.76. The molecule has 0 radical (unpaired) electrons. The van der Waals surface area contributed by atoms with Crippen molar-refractivity contribution in [1.82, 2.24) is 14.4 Å². The Bertz CT molecular complexity index is 1140. The summed E-state index contributed by atoms with van der Waals surface area (Å²) in [5, 5.41) is 9.21. The highest BCUT2D eigenvalue weighted by atomic mass is 19.1. The van der Waals surface area contributed by atoms with E-state index in [9.17, 15) is 9.65 Å². The van der Waals surface area contributed by atoms with Crippen molar-refractivity contribution in [3.05, 3.63) is 78.1 Å². The fraction of sp³-hybridized carbons (Fsp3) is 0.0500. The number of aromatic nitrogens is 3. The van der Waals surface area contributed by atoms with E-state index in [1.54, 1.807) is 22.7 Å². The lowest BCUT2D eigenvalue weighted by Crippen LogP contribution is -1.95. The molecule has 0 amide bonds. The van der Waals surface area contributed by atoms with E-state index in [0.717, 1.165) is 16.7 Å². The standard InChI is InChI=1S/C20H13FN4/c1-13-4-6-18(21)17(9-13)20-16(3-2-8-23-20)14-5-7-19-24-11-15(10-22)25(19)12-14/h2-9,11-12H,1H3. The molecule has 3 aromatic heterocycles. The lowest BCUT2D eigenvalue weighted by molar-refractivity contribution is 0.630. The van der Waals surface area contributed by atoms with Gasteiger partial charge in [0, 0.05) is 29.1 Å². The van der Waals surface area contributed by atoms with Crippen LogP contribution in [0.3, 0.4) is 0 Å². The topological polar surface area (TPSA) is 54.0 Å². The molecule has 4 nitrogen and oxygen atoms in total. The second-order valence-electron chi connectivity index (χ2n) is 5.78. The summed E-state index contributed by atoms with van der Waals surface area (Å²) in [4.78, 5) is 8.60. The molecule has 0 aliphatic heterocycles. The lowest BCUT2D eigenvalue weighted by Gasteiger charge is -2.11. The predicted octanol–water partition coefficient (Wildman–Crippen LogP) is 4.38. The van der Waals surface area contributed by atoms with Gasteiger partial charge in [0.25, 0.3) is 0 Å². The van der Waals surface area contributed by atoms with Gasteiger partial charge in [0.1, 0.15) is 23.2 Å². The summed E-state index contributed by atoms with van der Waals surface area (Å²) >= 11 is 0. The maximum absolute atomic E-state index is 14.4. The molecule has 1 aromatic carbocycles. The largest absolute Gasteiger partial charge is 0.291 e. The fourth-order valence-electron chi connectivity index (χ4n) is 2.90. The highest BCUT2D eigenvalue weighted by Gasteiger charge is 2.14. The number of pyridine rings is 2. The van der Waals surface area contributed by atoms with Gasteiger partial charge in [-0.2, -0.15) is 5.26 Å². The average molecular weight is 328 g/mol. The highest BCUT2D eigenvalue weighted by Crippen LogP contribution is 2.32. The van der Waals surface area contributed by atoms with E-state index in [2.05, 4.69) is 16.0 Å². The molecule has 0 saturated carbocycles. The minimum Gasteiger partial charge on any atom is -0.291 e. The molecule has 0 fully saturated rings. The lowest BCUT2D eigenvalue weighted by atomic mass is 9.99. The summed E-state index contributed by atoms with van der Waals surface area (Å²) in [6.07, 6.45) is 5.01. The van der Waals surface area contributed by atoms with Gasteiger partial charge in [0.2, 0.25) is 0 Å². The molecule has 0 N–H and O–H groups in total. The van der Waals surface area contributed by atoms with Crippen LogP contribution in [0.25, 0.3) is 28.0 Å². The van der Waals surface area contributed by atoms with E-state index in [-0.39, 0.29) is 5.82 Å². The molecule has 0 aliphatic rings. The van der Waals surface area contributed by atoms with Crippen LogP contribution >= 0.6 is 0 Å². The fourth-order valence-corrected chi connectivity index (χ4v) is 2.90. The molecule has 0 saturated heterocycles. The number of nitriles is 1. The Morgan fingerprint density at radius 1 is 1.08 bits per heavy atom. The van der Waals surface area contributed by atoms with Gasteiger partial charge in [0.15, 0.2) is 0 Å². The number of fused-ring (bicyclic) bond motifs is 1. The number of hydrogen-bond donors (Lipinski definition) is 0. The van der Waals surface area contributed by atoms with Crippen LogP contribution in [0, 0.1) is 24.1 Å². The Balaban J connectivity index is 1.96. The molecule has 4 rings (SSSR count). The van der Waals surface area contributed by atoms with E-state index in [4.69, 9.17) is 0 Å². The zero-order valence-electron chi connectivity index (χ0n) is 13.4. The normalized spacial score (nSPS) is 10.8. The maximum Gasteiger partial charge on any atom is 0.144 e. The van der Waals surface area contributed by atoms with E-state index < -0.39 is 0 Å². The SMILES string of the molecule is Cc1ccc(F)c(-c2ncccc2-c2ccc3ncc(C#N)n3c2)c1. The van der Waals surface area contributed by atoms with E-state index in [0.29, 0.717) is 22.6 Å². The van der Waals surface area contributed by atoms with Crippen LogP contribution in [0.5, 0.6) is 0 Å². The van der Waals surface area contributed by atoms with E-state index in [1.807, 2.05) is 37.4 Å². The van der Waals surface area contributed by atoms with Gasteiger partial charge in [0.05, 0.1) is 11.9 Å². The number of halogens is 1. The minimum absolute atomic E-state index is 0.313. The number of hydrogen-bond acceptors (Lipinski definition) is 3. The zero-order valence-corrected chi connectivity index (χ0v) is 13.4. The van der Waals surface area contributed by atoms with Gasteiger partial charge in [-0.25, -0.2) is 9.37 Å². The Labute approximate surface area is 143 Å². The Hall–Kier alpha value is -3.52. The Morgan fingerprint density at radius 3 is 2.80 bits per heavy atom. The number of benzene rings is 1. The molecule has 120 valence electrons. The molecular weight excluding hydrogens is 315 g/mol. The molecule has 0 unspecified atom stereocenters. The molecule has 4 aromatic rings. The summed E-state index contributed by atoms with van der Waals surface area (Å²) in [7, 11) is 0. The summed E-state index contributed by atoms with van der Waals surface area (Å²) in [6, 6.07) is 14.5. The molecular formula is C20H13FN4. The summed E-state index contributed by atoms with van der Waals surface area (Å²) in [6.45, 7) is 1.92. The van der Waals surface area contributed by atoms with Crippen LogP contribution in [0.15, 0.2) is 61.1 Å². The van der Waals surface area contributed by atoms with Crippen molar-refractivity contribution < 1.29 is 4.39 Å². The number of nitrogens with zero attached hydrogens (tertiary/aromatic N) is 4. The smallest absolute Gasteiger partial charge is 0.144 e. The van der Waals surface area contributed by atoms with Gasteiger partial charge >= 0.3 is 0 Å². The first kappa shape index (κ1) is 15.0. The summed E-state index contributed by atoms with van der Waals surface area (Å²) in [5.41, 5.74) is 4.77. The van der Waals surface area contributed by atoms with Crippen LogP contribution in [0.4, 0.5) is 4.39 Å². The molecule has 0 aliphatic carbocycles. The first-order chi connectivity index (χ1) is 12.2. The third-order valence-electron chi connectivity index (χ3n) is 4.12. The molecule has 5 heteroatoms. The third kappa shape index (κ3) is 2.54. The van der Waals surface area contributed by atoms with Crippen LogP contribution in [-0.2, 0) is 0 Å². The van der Waals surface area contributed by atoms with Crippen molar-refractivity contribution in [1.29, 1.82) is 5.26 Å². The third-order valence-corrected chi connectivity index (χ3v) is 4.12. The Morgan fingerprint density at radius 2 is 1.96 bits per heavy atom. The van der Waals surface area contributed by atoms with Crippen molar-refractivity contribution in [3.63, 3.8) is 0 Å². The molecule has 3 heterocycles. The molecule has 0 bridgehead atoms. The van der Waals surface area contributed by atoms with Gasteiger partial charge in [-0.1, -0.05) is 17.7 Å².